The van der Waals surface area contributed by atoms with Gasteiger partial charge in [0.15, 0.2) is 5.82 Å². The van der Waals surface area contributed by atoms with Gasteiger partial charge in [-0.1, -0.05) is 24.3 Å². The van der Waals surface area contributed by atoms with Gasteiger partial charge in [0.05, 0.1) is 5.69 Å². The molecule has 2 aromatic carbocycles. The van der Waals surface area contributed by atoms with Crippen molar-refractivity contribution in [2.45, 2.75) is 26.3 Å². The van der Waals surface area contributed by atoms with Crippen molar-refractivity contribution in [2.75, 3.05) is 19.7 Å². The average molecular weight is 397 g/mol. The van der Waals surface area contributed by atoms with Gasteiger partial charge in [-0.15, -0.1) is 0 Å². The van der Waals surface area contributed by atoms with E-state index in [4.69, 9.17) is 0 Å². The molecule has 4 nitrogen and oxygen atoms in total. The summed E-state index contributed by atoms with van der Waals surface area (Å²) in [6.45, 7) is 4.68. The first kappa shape index (κ1) is 19.7. The molecule has 0 bridgehead atoms. The molecule has 1 atom stereocenters. The number of piperidine rings is 1. The molecule has 1 aromatic heterocycles. The van der Waals surface area contributed by atoms with Gasteiger partial charge in [0.2, 0.25) is 0 Å². The Labute approximate surface area is 169 Å². The number of aryl methyl sites for hydroxylation is 1. The molecule has 2 heterocycles. The number of aliphatic hydroxyl groups is 1. The highest BCUT2D eigenvalue weighted by atomic mass is 19.1. The lowest BCUT2D eigenvalue weighted by Crippen LogP contribution is -2.36. The van der Waals surface area contributed by atoms with E-state index in [-0.39, 0.29) is 18.2 Å². The van der Waals surface area contributed by atoms with Crippen LogP contribution in [0.5, 0.6) is 0 Å². The van der Waals surface area contributed by atoms with Crippen LogP contribution in [0.15, 0.2) is 48.7 Å². The van der Waals surface area contributed by atoms with Gasteiger partial charge in [0.25, 0.3) is 0 Å². The van der Waals surface area contributed by atoms with E-state index in [1.165, 1.54) is 16.8 Å². The van der Waals surface area contributed by atoms with E-state index in [0.29, 0.717) is 6.54 Å². The molecule has 1 N–H and O–H groups in total. The molecule has 0 spiro atoms. The minimum absolute atomic E-state index is 0.196. The second-order valence-corrected chi connectivity index (χ2v) is 7.78. The number of hydrogen-bond donors (Lipinski definition) is 1. The van der Waals surface area contributed by atoms with Crippen LogP contribution in [0.4, 0.5) is 8.78 Å². The highest BCUT2D eigenvalue weighted by Gasteiger charge is 2.22. The van der Waals surface area contributed by atoms with E-state index < -0.39 is 11.6 Å². The molecule has 1 aliphatic rings. The van der Waals surface area contributed by atoms with Crippen LogP contribution in [0.3, 0.4) is 0 Å². The number of nitrogens with zero attached hydrogens (tertiary/aromatic N) is 3. The fourth-order valence-electron chi connectivity index (χ4n) is 4.07. The summed E-state index contributed by atoms with van der Waals surface area (Å²) in [5, 5.41) is 14.2. The van der Waals surface area contributed by atoms with Crippen molar-refractivity contribution >= 4 is 0 Å². The minimum atomic E-state index is -0.645. The largest absolute Gasteiger partial charge is 0.396 e. The van der Waals surface area contributed by atoms with Gasteiger partial charge in [-0.2, -0.15) is 5.10 Å². The fraction of sp³-hybridized carbons (Fsp3) is 0.348. The summed E-state index contributed by atoms with van der Waals surface area (Å²) in [5.41, 5.74) is 4.10. The maximum Gasteiger partial charge on any atom is 0.151 e. The van der Waals surface area contributed by atoms with Gasteiger partial charge >= 0.3 is 0 Å². The van der Waals surface area contributed by atoms with Gasteiger partial charge in [0.1, 0.15) is 11.5 Å². The molecule has 1 unspecified atom stereocenters. The van der Waals surface area contributed by atoms with Gasteiger partial charge in [-0.25, -0.2) is 13.5 Å². The van der Waals surface area contributed by atoms with E-state index in [0.717, 1.165) is 54.4 Å². The van der Waals surface area contributed by atoms with Crippen LogP contribution >= 0.6 is 0 Å². The number of likely N-dealkylation sites (tertiary alicyclic amines) is 1. The predicted molar refractivity (Wildman–Crippen MR) is 109 cm³/mol. The van der Waals surface area contributed by atoms with Crippen LogP contribution in [0.1, 0.15) is 24.0 Å². The van der Waals surface area contributed by atoms with Crippen LogP contribution in [0.2, 0.25) is 0 Å². The normalized spacial score (nSPS) is 17.6. The van der Waals surface area contributed by atoms with Gasteiger partial charge in [0, 0.05) is 43.1 Å². The maximum atomic E-state index is 14.4. The number of aromatic nitrogens is 2. The Morgan fingerprint density at radius 1 is 1.17 bits per heavy atom. The summed E-state index contributed by atoms with van der Waals surface area (Å²) >= 11 is 0. The molecule has 0 aliphatic carbocycles. The van der Waals surface area contributed by atoms with Crippen molar-refractivity contribution in [1.82, 2.24) is 14.7 Å². The number of benzene rings is 2. The SMILES string of the molecule is Cc1ccccc1-c1nn(-c2ccc(F)cc2F)cc1CN1CCCC(CO)C1. The lowest BCUT2D eigenvalue weighted by Gasteiger charge is -2.31. The third-order valence-corrected chi connectivity index (χ3v) is 5.60. The zero-order valence-corrected chi connectivity index (χ0v) is 16.5. The van der Waals surface area contributed by atoms with Crippen molar-refractivity contribution in [3.05, 3.63) is 71.4 Å². The first-order valence-corrected chi connectivity index (χ1v) is 9.98. The Bertz CT molecular complexity index is 1000. The van der Waals surface area contributed by atoms with Crippen molar-refractivity contribution in [3.8, 4) is 16.9 Å². The minimum Gasteiger partial charge on any atom is -0.396 e. The molecule has 152 valence electrons. The molecule has 1 aliphatic heterocycles. The Kier molecular flexibility index (Phi) is 5.74. The molecule has 0 saturated carbocycles. The second kappa shape index (κ2) is 8.43. The quantitative estimate of drug-likeness (QED) is 0.697. The van der Waals surface area contributed by atoms with E-state index >= 15 is 0 Å². The van der Waals surface area contributed by atoms with Crippen LogP contribution in [-0.4, -0.2) is 39.5 Å². The molecule has 1 fully saturated rings. The predicted octanol–water partition coefficient (Wildman–Crippen LogP) is 4.33. The van der Waals surface area contributed by atoms with Crippen molar-refractivity contribution < 1.29 is 13.9 Å². The Balaban J connectivity index is 1.74. The van der Waals surface area contributed by atoms with Crippen LogP contribution < -0.4 is 0 Å². The van der Waals surface area contributed by atoms with Gasteiger partial charge < -0.3 is 5.11 Å². The van der Waals surface area contributed by atoms with Gasteiger partial charge in [-0.3, -0.25) is 4.90 Å². The smallest absolute Gasteiger partial charge is 0.151 e. The van der Waals surface area contributed by atoms with Gasteiger partial charge in [-0.05, 0) is 49.9 Å². The Hall–Kier alpha value is -2.57. The third-order valence-electron chi connectivity index (χ3n) is 5.60. The average Bonchev–Trinajstić information content (AvgIpc) is 3.11. The monoisotopic (exact) mass is 397 g/mol. The molecule has 0 radical (unpaired) electrons. The molecule has 0 amide bonds. The summed E-state index contributed by atoms with van der Waals surface area (Å²) in [6.07, 6.45) is 3.92. The second-order valence-electron chi connectivity index (χ2n) is 7.78. The summed E-state index contributed by atoms with van der Waals surface area (Å²) < 4.78 is 29.2. The number of hydrogen-bond acceptors (Lipinski definition) is 3. The topological polar surface area (TPSA) is 41.3 Å². The summed E-state index contributed by atoms with van der Waals surface area (Å²) in [4.78, 5) is 2.31. The van der Waals surface area contributed by atoms with Crippen molar-refractivity contribution in [2.24, 2.45) is 5.92 Å². The molecule has 29 heavy (non-hydrogen) atoms. The zero-order chi connectivity index (χ0) is 20.4. The van der Waals surface area contributed by atoms with E-state index in [1.54, 1.807) is 0 Å². The highest BCUT2D eigenvalue weighted by Crippen LogP contribution is 2.29. The summed E-state index contributed by atoms with van der Waals surface area (Å²) in [5.74, 6) is -0.968. The first-order valence-electron chi connectivity index (χ1n) is 9.98. The van der Waals surface area contributed by atoms with Crippen molar-refractivity contribution in [1.29, 1.82) is 0 Å². The van der Waals surface area contributed by atoms with Crippen molar-refractivity contribution in [3.63, 3.8) is 0 Å². The van der Waals surface area contributed by atoms with E-state index in [9.17, 15) is 13.9 Å². The molecule has 1 saturated heterocycles. The van der Waals surface area contributed by atoms with E-state index in [1.807, 2.05) is 37.4 Å². The maximum absolute atomic E-state index is 14.4. The van der Waals surface area contributed by atoms with Crippen LogP contribution in [0, 0.1) is 24.5 Å². The molecule has 3 aromatic rings. The Morgan fingerprint density at radius 2 is 2.00 bits per heavy atom. The van der Waals surface area contributed by atoms with Crippen LogP contribution in [-0.2, 0) is 6.54 Å². The summed E-state index contributed by atoms with van der Waals surface area (Å²) in [6, 6.07) is 11.5. The first-order chi connectivity index (χ1) is 14.0. The lowest BCUT2D eigenvalue weighted by atomic mass is 9.98. The van der Waals surface area contributed by atoms with Crippen LogP contribution in [0.25, 0.3) is 16.9 Å². The molecule has 6 heteroatoms. The zero-order valence-electron chi connectivity index (χ0n) is 16.5. The fourth-order valence-corrected chi connectivity index (χ4v) is 4.07. The number of halogens is 2. The molecular formula is C23H25F2N3O. The number of aliphatic hydroxyl groups excluding tert-OH is 1. The highest BCUT2D eigenvalue weighted by molar-refractivity contribution is 5.66. The Morgan fingerprint density at radius 3 is 2.76 bits per heavy atom. The lowest BCUT2D eigenvalue weighted by molar-refractivity contribution is 0.116. The standard InChI is InChI=1S/C23H25F2N3O/c1-16-5-2-3-7-20(16)23-18(13-27-10-4-6-17(12-27)15-29)14-28(26-23)22-9-8-19(24)11-21(22)25/h2-3,5,7-9,11,14,17,29H,4,6,10,12-13,15H2,1H3. The third kappa shape index (κ3) is 4.23. The summed E-state index contributed by atoms with van der Waals surface area (Å²) in [7, 11) is 0. The molecular weight excluding hydrogens is 372 g/mol. The molecule has 4 rings (SSSR count). The number of rotatable bonds is 5. The van der Waals surface area contributed by atoms with E-state index in [2.05, 4.69) is 10.00 Å².